The number of ether oxygens (including phenoxy) is 2. The van der Waals surface area contributed by atoms with Gasteiger partial charge in [0.05, 0.1) is 24.8 Å². The van der Waals surface area contributed by atoms with Crippen LogP contribution in [-0.2, 0) is 33.4 Å². The smallest absolute Gasteiger partial charge is 0.219 e. The molecule has 10 N–H and O–H groups in total. The van der Waals surface area contributed by atoms with Crippen LogP contribution in [0, 0.1) is 0 Å². The number of nitrogens with one attached hydrogen (secondary N) is 5. The van der Waals surface area contributed by atoms with Crippen LogP contribution in [0.25, 0.3) is 0 Å². The average molecular weight is 880 g/mol. The number of rotatable bonds is 30. The van der Waals surface area contributed by atoms with Gasteiger partial charge in [0.1, 0.15) is 41.4 Å². The van der Waals surface area contributed by atoms with Gasteiger partial charge in [-0.1, -0.05) is 39.0 Å². The van der Waals surface area contributed by atoms with Crippen LogP contribution < -0.4 is 26.6 Å². The van der Waals surface area contributed by atoms with Gasteiger partial charge < -0.3 is 61.6 Å². The van der Waals surface area contributed by atoms with Crippen LogP contribution >= 0.6 is 23.5 Å². The molecule has 19 heteroatoms. The third-order valence-corrected chi connectivity index (χ3v) is 12.8. The van der Waals surface area contributed by atoms with Crippen LogP contribution in [0.2, 0.25) is 0 Å². The summed E-state index contributed by atoms with van der Waals surface area (Å²) in [6.45, 7) is 5.81. The molecule has 0 aromatic rings. The summed E-state index contributed by atoms with van der Waals surface area (Å²) >= 11 is 2.89. The standard InChI is InChI=1S/C40H73N5O12S2/c1-4-30(49)41-20-12-6-11-19-32(51)43-22-13-7-15-23-58-39-33(44-26(2)47)37(54)35(52)28(56-39)17-9-5-10-18-31(50)42-21-14-8-16-24-59-40-34(45-27(3)48)38(55)36(53)29(25-46)57-40/h28-29,33-40,46,52-55H,4-25H2,1-3H3,(H,41,49)(H,42,50)(H,43,51)(H,44,47)(H,45,48)/t28?,29?,33?,34?,35-,36-,37-,38-,39-,40-/m0/s1. The molecule has 0 spiro atoms. The Labute approximate surface area is 358 Å². The summed E-state index contributed by atoms with van der Waals surface area (Å²) in [6, 6.07) is -1.56. The van der Waals surface area contributed by atoms with Gasteiger partial charge in [-0.15, -0.1) is 23.5 Å². The zero-order chi connectivity index (χ0) is 43.6. The molecule has 0 aliphatic carbocycles. The van der Waals surface area contributed by atoms with E-state index in [0.29, 0.717) is 69.7 Å². The first-order valence-corrected chi connectivity index (χ1v) is 23.6. The number of aliphatic hydroxyl groups excluding tert-OH is 5. The SMILES string of the molecule is CCC(=O)NCCCCCC(=O)NCCCCCS[C@@H]1OC(CCCCCC(=O)NCCCCCS[C@@H]2OC(CO)[C@H](O)[C@@H](O)C2NC(C)=O)[C@H](O)[C@@H](O)C1NC(C)=O. The molecule has 5 amide bonds. The highest BCUT2D eigenvalue weighted by Gasteiger charge is 2.46. The highest BCUT2D eigenvalue weighted by atomic mass is 32.2. The molecule has 2 fully saturated rings. The van der Waals surface area contributed by atoms with Crippen LogP contribution in [-0.4, -0.2) is 152 Å². The fourth-order valence-corrected chi connectivity index (χ4v) is 9.42. The minimum absolute atomic E-state index is 0.0277. The van der Waals surface area contributed by atoms with Crippen LogP contribution in [0.3, 0.4) is 0 Å². The predicted molar refractivity (Wildman–Crippen MR) is 227 cm³/mol. The number of amides is 5. The first-order chi connectivity index (χ1) is 28.3. The molecular formula is C40H73N5O12S2. The van der Waals surface area contributed by atoms with E-state index >= 15 is 0 Å². The van der Waals surface area contributed by atoms with E-state index < -0.39 is 66.2 Å². The third kappa shape index (κ3) is 21.4. The van der Waals surface area contributed by atoms with Crippen molar-refractivity contribution >= 4 is 53.1 Å². The normalized spacial score (nSPS) is 26.8. The van der Waals surface area contributed by atoms with Gasteiger partial charge >= 0.3 is 0 Å². The molecule has 0 bridgehead atoms. The Hall–Kier alpha value is -2.23. The molecule has 17 nitrogen and oxygen atoms in total. The van der Waals surface area contributed by atoms with Crippen molar-refractivity contribution in [3.05, 3.63) is 0 Å². The highest BCUT2D eigenvalue weighted by molar-refractivity contribution is 8.00. The minimum Gasteiger partial charge on any atom is -0.394 e. The summed E-state index contributed by atoms with van der Waals surface area (Å²) in [7, 11) is 0. The number of carbonyl (C=O) groups excluding carboxylic acids is 5. The van der Waals surface area contributed by atoms with E-state index in [4.69, 9.17) is 9.47 Å². The Morgan fingerprint density at radius 1 is 0.525 bits per heavy atom. The van der Waals surface area contributed by atoms with Gasteiger partial charge in [0.25, 0.3) is 0 Å². The van der Waals surface area contributed by atoms with E-state index in [9.17, 15) is 49.5 Å². The molecule has 2 saturated heterocycles. The predicted octanol–water partition coefficient (Wildman–Crippen LogP) is 0.958. The molecule has 10 atom stereocenters. The zero-order valence-corrected chi connectivity index (χ0v) is 36.9. The van der Waals surface area contributed by atoms with Crippen molar-refractivity contribution in [3.63, 3.8) is 0 Å². The second kappa shape index (κ2) is 30.7. The molecule has 0 aromatic heterocycles. The van der Waals surface area contributed by atoms with Gasteiger partial charge in [0.15, 0.2) is 0 Å². The second-order valence-electron chi connectivity index (χ2n) is 15.4. The largest absolute Gasteiger partial charge is 0.394 e. The minimum atomic E-state index is -1.31. The topological polar surface area (TPSA) is 265 Å². The summed E-state index contributed by atoms with van der Waals surface area (Å²) in [5.41, 5.74) is -1.16. The van der Waals surface area contributed by atoms with Gasteiger partial charge in [0, 0.05) is 52.7 Å². The summed E-state index contributed by atoms with van der Waals surface area (Å²) in [5, 5.41) is 66.0. The maximum atomic E-state index is 12.4. The molecule has 0 radical (unpaired) electrons. The van der Waals surface area contributed by atoms with E-state index in [1.807, 2.05) is 6.92 Å². The Bertz CT molecular complexity index is 1240. The van der Waals surface area contributed by atoms with E-state index in [-0.39, 0.29) is 29.5 Å². The molecule has 4 unspecified atom stereocenters. The Morgan fingerprint density at radius 2 is 0.932 bits per heavy atom. The molecule has 2 aliphatic heterocycles. The van der Waals surface area contributed by atoms with E-state index in [2.05, 4.69) is 26.6 Å². The molecule has 2 aliphatic rings. The van der Waals surface area contributed by atoms with Crippen molar-refractivity contribution in [1.82, 2.24) is 26.6 Å². The monoisotopic (exact) mass is 879 g/mol. The van der Waals surface area contributed by atoms with E-state index in [1.54, 1.807) is 0 Å². The second-order valence-corrected chi connectivity index (χ2v) is 17.8. The molecule has 342 valence electrons. The third-order valence-electron chi connectivity index (χ3n) is 10.3. The average Bonchev–Trinajstić information content (AvgIpc) is 3.20. The van der Waals surface area contributed by atoms with Crippen molar-refractivity contribution in [3.8, 4) is 0 Å². The van der Waals surface area contributed by atoms with E-state index in [1.165, 1.54) is 37.4 Å². The van der Waals surface area contributed by atoms with Crippen molar-refractivity contribution in [1.29, 1.82) is 0 Å². The molecular weight excluding hydrogens is 807 g/mol. The van der Waals surface area contributed by atoms with Crippen LogP contribution in [0.15, 0.2) is 0 Å². The van der Waals surface area contributed by atoms with Gasteiger partial charge in [0.2, 0.25) is 29.5 Å². The number of carbonyl (C=O) groups is 5. The molecule has 0 aromatic carbocycles. The lowest BCUT2D eigenvalue weighted by Gasteiger charge is -2.43. The molecule has 2 heterocycles. The number of thioether (sulfide) groups is 2. The lowest BCUT2D eigenvalue weighted by Crippen LogP contribution is -2.63. The van der Waals surface area contributed by atoms with Crippen molar-refractivity contribution in [2.45, 2.75) is 183 Å². The Balaban J connectivity index is 1.59. The first kappa shape index (κ1) is 52.9. The molecule has 59 heavy (non-hydrogen) atoms. The van der Waals surface area contributed by atoms with Gasteiger partial charge in [-0.05, 0) is 62.9 Å². The Morgan fingerprint density at radius 3 is 1.37 bits per heavy atom. The van der Waals surface area contributed by atoms with Crippen LogP contribution in [0.5, 0.6) is 0 Å². The quantitative estimate of drug-likeness (QED) is 0.0451. The number of aliphatic hydroxyl groups is 5. The summed E-state index contributed by atoms with van der Waals surface area (Å²) in [4.78, 5) is 59.3. The van der Waals surface area contributed by atoms with Gasteiger partial charge in [-0.3, -0.25) is 24.0 Å². The number of hydrogen-bond acceptors (Lipinski definition) is 14. The molecule has 2 rings (SSSR count). The van der Waals surface area contributed by atoms with Crippen LogP contribution in [0.1, 0.15) is 124 Å². The van der Waals surface area contributed by atoms with Crippen LogP contribution in [0.4, 0.5) is 0 Å². The zero-order valence-electron chi connectivity index (χ0n) is 35.2. The summed E-state index contributed by atoms with van der Waals surface area (Å²) in [5.74, 6) is 0.715. The van der Waals surface area contributed by atoms with Crippen molar-refractivity contribution < 1.29 is 59.0 Å². The number of hydrogen-bond donors (Lipinski definition) is 10. The first-order valence-electron chi connectivity index (χ1n) is 21.5. The lowest BCUT2D eigenvalue weighted by atomic mass is 9.94. The summed E-state index contributed by atoms with van der Waals surface area (Å²) < 4.78 is 12.0. The number of unbranched alkanes of at least 4 members (excludes halogenated alkanes) is 8. The highest BCUT2D eigenvalue weighted by Crippen LogP contribution is 2.32. The maximum Gasteiger partial charge on any atom is 0.219 e. The lowest BCUT2D eigenvalue weighted by molar-refractivity contribution is -0.173. The fourth-order valence-electron chi connectivity index (χ4n) is 6.90. The van der Waals surface area contributed by atoms with Gasteiger partial charge in [-0.25, -0.2) is 0 Å². The van der Waals surface area contributed by atoms with Crippen molar-refractivity contribution in [2.24, 2.45) is 0 Å². The summed E-state index contributed by atoms with van der Waals surface area (Å²) in [6.07, 6.45) is 4.90. The maximum absolute atomic E-state index is 12.4. The van der Waals surface area contributed by atoms with Crippen molar-refractivity contribution in [2.75, 3.05) is 37.7 Å². The fraction of sp³-hybridized carbons (Fsp3) is 0.875. The Kier molecular flexibility index (Phi) is 27.6. The molecule has 0 saturated carbocycles. The van der Waals surface area contributed by atoms with Gasteiger partial charge in [-0.2, -0.15) is 0 Å². The van der Waals surface area contributed by atoms with E-state index in [0.717, 1.165) is 64.2 Å².